The summed E-state index contributed by atoms with van der Waals surface area (Å²) in [5.41, 5.74) is 0.366. The highest BCUT2D eigenvalue weighted by Gasteiger charge is 2.17. The summed E-state index contributed by atoms with van der Waals surface area (Å²) in [5.74, 6) is 0.689. The quantitative estimate of drug-likeness (QED) is 0.735. The highest BCUT2D eigenvalue weighted by Crippen LogP contribution is 2.33. The smallest absolute Gasteiger partial charge is 0.255 e. The Kier molecular flexibility index (Phi) is 7.49. The molecule has 1 unspecified atom stereocenters. The summed E-state index contributed by atoms with van der Waals surface area (Å²) >= 11 is 3.34. The van der Waals surface area contributed by atoms with E-state index in [0.29, 0.717) is 34.5 Å². The largest absolute Gasteiger partial charge is 0.497 e. The van der Waals surface area contributed by atoms with Gasteiger partial charge in [-0.15, -0.1) is 0 Å². The summed E-state index contributed by atoms with van der Waals surface area (Å²) in [4.78, 5) is 12.2. The Bertz CT molecular complexity index is 481. The molecule has 1 aromatic rings. The molecular weight excluding hydrogens is 342 g/mol. The zero-order valence-corrected chi connectivity index (χ0v) is 13.9. The van der Waals surface area contributed by atoms with Crippen molar-refractivity contribution in [2.75, 3.05) is 34.5 Å². The van der Waals surface area contributed by atoms with Gasteiger partial charge in [0.25, 0.3) is 5.91 Å². The van der Waals surface area contributed by atoms with Gasteiger partial charge in [-0.1, -0.05) is 0 Å². The number of hydrogen-bond acceptors (Lipinski definition) is 5. The molecule has 0 heterocycles. The van der Waals surface area contributed by atoms with Crippen LogP contribution < -0.4 is 14.8 Å². The number of methoxy groups -OCH3 is 3. The van der Waals surface area contributed by atoms with Crippen molar-refractivity contribution in [1.29, 1.82) is 0 Å². The summed E-state index contributed by atoms with van der Waals surface area (Å²) in [6.07, 6.45) is -0.193. The fraction of sp³-hybridized carbons (Fsp3) is 0.500. The molecule has 0 bridgehead atoms. The third-order valence-electron chi connectivity index (χ3n) is 2.82. The first-order chi connectivity index (χ1) is 10.0. The van der Waals surface area contributed by atoms with E-state index in [1.165, 1.54) is 21.3 Å². The number of ether oxygens (including phenoxy) is 3. The van der Waals surface area contributed by atoms with Crippen molar-refractivity contribution in [2.45, 2.75) is 12.5 Å². The minimum atomic E-state index is -0.603. The molecule has 0 aliphatic carbocycles. The molecule has 0 aliphatic rings. The topological polar surface area (TPSA) is 77.0 Å². The van der Waals surface area contributed by atoms with Gasteiger partial charge in [0.15, 0.2) is 0 Å². The van der Waals surface area contributed by atoms with Crippen molar-refractivity contribution >= 4 is 21.8 Å². The number of nitrogens with one attached hydrogen (secondary N) is 1. The van der Waals surface area contributed by atoms with E-state index in [4.69, 9.17) is 14.2 Å². The normalized spacial score (nSPS) is 11.9. The van der Waals surface area contributed by atoms with Crippen LogP contribution in [0.15, 0.2) is 16.6 Å². The van der Waals surface area contributed by atoms with Gasteiger partial charge in [0.2, 0.25) is 0 Å². The average molecular weight is 362 g/mol. The first-order valence-corrected chi connectivity index (χ1v) is 7.19. The Morgan fingerprint density at radius 1 is 1.33 bits per heavy atom. The van der Waals surface area contributed by atoms with Crippen molar-refractivity contribution in [1.82, 2.24) is 5.32 Å². The first kappa shape index (κ1) is 17.7. The molecule has 7 heteroatoms. The monoisotopic (exact) mass is 361 g/mol. The first-order valence-electron chi connectivity index (χ1n) is 6.40. The molecule has 0 saturated carbocycles. The lowest BCUT2D eigenvalue weighted by Crippen LogP contribution is -2.28. The van der Waals surface area contributed by atoms with Crippen LogP contribution in [0.2, 0.25) is 0 Å². The number of aliphatic hydroxyl groups excluding tert-OH is 1. The van der Waals surface area contributed by atoms with E-state index in [2.05, 4.69) is 21.2 Å². The molecule has 0 aromatic heterocycles. The third kappa shape index (κ3) is 5.18. The lowest BCUT2D eigenvalue weighted by Gasteiger charge is -2.14. The minimum absolute atomic E-state index is 0.240. The molecule has 0 saturated heterocycles. The van der Waals surface area contributed by atoms with Gasteiger partial charge < -0.3 is 24.6 Å². The van der Waals surface area contributed by atoms with E-state index in [0.717, 1.165) is 0 Å². The zero-order chi connectivity index (χ0) is 15.8. The second kappa shape index (κ2) is 8.86. The molecule has 1 aromatic carbocycles. The van der Waals surface area contributed by atoms with Gasteiger partial charge in [0.1, 0.15) is 11.5 Å². The highest BCUT2D eigenvalue weighted by atomic mass is 79.9. The van der Waals surface area contributed by atoms with Gasteiger partial charge in [0.05, 0.1) is 37.0 Å². The SMILES string of the molecule is COCC(O)CCNC(=O)c1cc(OC)cc(Br)c1OC. The van der Waals surface area contributed by atoms with E-state index < -0.39 is 6.10 Å². The fourth-order valence-electron chi connectivity index (χ4n) is 1.79. The van der Waals surface area contributed by atoms with E-state index in [1.807, 2.05) is 0 Å². The van der Waals surface area contributed by atoms with Gasteiger partial charge >= 0.3 is 0 Å². The summed E-state index contributed by atoms with van der Waals surface area (Å²) in [7, 11) is 4.53. The number of halogens is 1. The number of aliphatic hydroxyl groups is 1. The molecule has 0 radical (unpaired) electrons. The van der Waals surface area contributed by atoms with Crippen molar-refractivity contribution in [3.05, 3.63) is 22.2 Å². The summed E-state index contributed by atoms with van der Waals surface area (Å²) in [6.45, 7) is 0.575. The van der Waals surface area contributed by atoms with Crippen LogP contribution in [-0.4, -0.2) is 51.6 Å². The summed E-state index contributed by atoms with van der Waals surface area (Å²) in [6, 6.07) is 3.32. The van der Waals surface area contributed by atoms with Crippen LogP contribution >= 0.6 is 15.9 Å². The molecule has 2 N–H and O–H groups in total. The maximum atomic E-state index is 12.2. The highest BCUT2D eigenvalue weighted by molar-refractivity contribution is 9.10. The lowest BCUT2D eigenvalue weighted by atomic mass is 10.1. The van der Waals surface area contributed by atoms with Crippen LogP contribution in [0.3, 0.4) is 0 Å². The molecule has 118 valence electrons. The Balaban J connectivity index is 2.75. The van der Waals surface area contributed by atoms with E-state index >= 15 is 0 Å². The second-order valence-corrected chi connectivity index (χ2v) is 5.20. The van der Waals surface area contributed by atoms with Crippen LogP contribution in [0.4, 0.5) is 0 Å². The molecule has 1 atom stereocenters. The predicted molar refractivity (Wildman–Crippen MR) is 82.1 cm³/mol. The van der Waals surface area contributed by atoms with Gasteiger partial charge in [0, 0.05) is 13.7 Å². The van der Waals surface area contributed by atoms with Gasteiger partial charge in [-0.3, -0.25) is 4.79 Å². The molecule has 21 heavy (non-hydrogen) atoms. The molecule has 0 fully saturated rings. The second-order valence-electron chi connectivity index (χ2n) is 4.34. The summed E-state index contributed by atoms with van der Waals surface area (Å²) < 4.78 is 15.8. The Morgan fingerprint density at radius 2 is 2.05 bits per heavy atom. The number of rotatable bonds is 8. The van der Waals surface area contributed by atoms with Crippen LogP contribution in [0.5, 0.6) is 11.5 Å². The molecule has 1 amide bonds. The molecule has 1 rings (SSSR count). The lowest BCUT2D eigenvalue weighted by molar-refractivity contribution is 0.0587. The van der Waals surface area contributed by atoms with Crippen molar-refractivity contribution in [2.24, 2.45) is 0 Å². The van der Waals surface area contributed by atoms with Crippen LogP contribution in [0, 0.1) is 0 Å². The number of benzene rings is 1. The molecule has 0 aliphatic heterocycles. The standard InChI is InChI=1S/C14H20BrNO5/c1-19-8-9(17)4-5-16-14(18)11-6-10(20-2)7-12(15)13(11)21-3/h6-7,9,17H,4-5,8H2,1-3H3,(H,16,18). The average Bonchev–Trinajstić information content (AvgIpc) is 2.46. The number of carbonyl (C=O) groups excluding carboxylic acids is 1. The Hall–Kier alpha value is -1.31. The van der Waals surface area contributed by atoms with Gasteiger partial charge in [-0.05, 0) is 34.5 Å². The van der Waals surface area contributed by atoms with Gasteiger partial charge in [-0.2, -0.15) is 0 Å². The maximum Gasteiger partial charge on any atom is 0.255 e. The predicted octanol–water partition coefficient (Wildman–Crippen LogP) is 1.59. The minimum Gasteiger partial charge on any atom is -0.497 e. The molecule has 6 nitrogen and oxygen atoms in total. The number of amides is 1. The zero-order valence-electron chi connectivity index (χ0n) is 12.3. The van der Waals surface area contributed by atoms with E-state index in [1.54, 1.807) is 12.1 Å². The van der Waals surface area contributed by atoms with Crippen LogP contribution in [0.1, 0.15) is 16.8 Å². The van der Waals surface area contributed by atoms with Crippen molar-refractivity contribution < 1.29 is 24.1 Å². The van der Waals surface area contributed by atoms with Crippen LogP contribution in [-0.2, 0) is 4.74 Å². The Labute approximate surface area is 132 Å². The maximum absolute atomic E-state index is 12.2. The molecular formula is C14H20BrNO5. The van der Waals surface area contributed by atoms with Crippen LogP contribution in [0.25, 0.3) is 0 Å². The van der Waals surface area contributed by atoms with E-state index in [9.17, 15) is 9.90 Å². The molecule has 0 spiro atoms. The van der Waals surface area contributed by atoms with E-state index in [-0.39, 0.29) is 12.5 Å². The number of carbonyl (C=O) groups is 1. The summed E-state index contributed by atoms with van der Waals surface area (Å²) in [5, 5.41) is 12.3. The van der Waals surface area contributed by atoms with Crippen molar-refractivity contribution in [3.63, 3.8) is 0 Å². The van der Waals surface area contributed by atoms with Crippen molar-refractivity contribution in [3.8, 4) is 11.5 Å². The fourth-order valence-corrected chi connectivity index (χ4v) is 2.39. The third-order valence-corrected chi connectivity index (χ3v) is 3.41. The Morgan fingerprint density at radius 3 is 2.62 bits per heavy atom. The number of hydrogen-bond donors (Lipinski definition) is 2. The van der Waals surface area contributed by atoms with Gasteiger partial charge in [-0.25, -0.2) is 0 Å².